The van der Waals surface area contributed by atoms with Crippen molar-refractivity contribution in [2.24, 2.45) is 0 Å². The van der Waals surface area contributed by atoms with Gasteiger partial charge in [-0.1, -0.05) is 11.8 Å². The zero-order chi connectivity index (χ0) is 12.1. The van der Waals surface area contributed by atoms with Crippen molar-refractivity contribution in [3.63, 3.8) is 0 Å². The Bertz CT molecular complexity index is 486. The Labute approximate surface area is 101 Å². The van der Waals surface area contributed by atoms with Crippen LogP contribution in [-0.2, 0) is 4.79 Å². The minimum Gasteiger partial charge on any atom is -0.340 e. The van der Waals surface area contributed by atoms with Crippen LogP contribution in [0, 0.1) is 5.82 Å². The van der Waals surface area contributed by atoms with Crippen molar-refractivity contribution in [1.82, 2.24) is 15.0 Å². The summed E-state index contributed by atoms with van der Waals surface area (Å²) in [4.78, 5) is 22.0. The number of nitrogens with zero attached hydrogens (tertiary/aromatic N) is 2. The summed E-state index contributed by atoms with van der Waals surface area (Å²) in [5.41, 5.74) is 0. The van der Waals surface area contributed by atoms with E-state index in [1.165, 1.54) is 23.9 Å². The molecule has 2 heterocycles. The van der Waals surface area contributed by atoms with E-state index in [9.17, 15) is 9.18 Å². The zero-order valence-corrected chi connectivity index (χ0v) is 9.50. The molecule has 17 heavy (non-hydrogen) atoms. The van der Waals surface area contributed by atoms with Crippen LogP contribution in [0.1, 0.15) is 0 Å². The lowest BCUT2D eigenvalue weighted by Crippen LogP contribution is -2.15. The van der Waals surface area contributed by atoms with E-state index in [1.54, 1.807) is 12.4 Å². The highest BCUT2D eigenvalue weighted by Gasteiger charge is 2.05. The molecule has 0 unspecified atom stereocenters. The minimum atomic E-state index is -0.437. The minimum absolute atomic E-state index is 0.215. The van der Waals surface area contributed by atoms with Gasteiger partial charge in [0.1, 0.15) is 11.6 Å². The predicted molar refractivity (Wildman–Crippen MR) is 62.1 cm³/mol. The number of halogens is 1. The van der Waals surface area contributed by atoms with Crippen LogP contribution in [0.3, 0.4) is 0 Å². The van der Waals surface area contributed by atoms with Crippen molar-refractivity contribution in [2.45, 2.75) is 5.16 Å². The number of aromatic nitrogens is 3. The summed E-state index contributed by atoms with van der Waals surface area (Å²) in [6.07, 6.45) is 4.35. The number of rotatable bonds is 4. The molecule has 2 aromatic heterocycles. The van der Waals surface area contributed by atoms with Crippen LogP contribution in [0.4, 0.5) is 10.2 Å². The quantitative estimate of drug-likeness (QED) is 0.812. The van der Waals surface area contributed by atoms with E-state index in [0.29, 0.717) is 11.0 Å². The van der Waals surface area contributed by atoms with Gasteiger partial charge >= 0.3 is 0 Å². The molecule has 2 aromatic rings. The van der Waals surface area contributed by atoms with Gasteiger partial charge in [0.25, 0.3) is 0 Å². The molecule has 88 valence electrons. The van der Waals surface area contributed by atoms with Crippen molar-refractivity contribution in [2.75, 3.05) is 11.1 Å². The molecule has 5 nitrogen and oxygen atoms in total. The van der Waals surface area contributed by atoms with Crippen LogP contribution >= 0.6 is 11.8 Å². The number of hydrogen-bond donors (Lipinski definition) is 2. The van der Waals surface area contributed by atoms with Gasteiger partial charge in [-0.05, 0) is 12.1 Å². The number of amides is 1. The first kappa shape index (κ1) is 11.6. The number of carbonyl (C=O) groups is 1. The van der Waals surface area contributed by atoms with Crippen LogP contribution in [0.25, 0.3) is 0 Å². The highest BCUT2D eigenvalue weighted by molar-refractivity contribution is 7.99. The van der Waals surface area contributed by atoms with Gasteiger partial charge in [0, 0.05) is 12.4 Å². The highest BCUT2D eigenvalue weighted by atomic mass is 32.2. The van der Waals surface area contributed by atoms with Crippen molar-refractivity contribution < 1.29 is 9.18 Å². The van der Waals surface area contributed by atoms with E-state index in [0.717, 1.165) is 6.20 Å². The average Bonchev–Trinajstić information content (AvgIpc) is 2.83. The van der Waals surface area contributed by atoms with Gasteiger partial charge in [-0.15, -0.1) is 0 Å². The summed E-state index contributed by atoms with van der Waals surface area (Å²) < 4.78 is 12.6. The smallest absolute Gasteiger partial charge is 0.236 e. The van der Waals surface area contributed by atoms with Gasteiger partial charge in [-0.2, -0.15) is 0 Å². The lowest BCUT2D eigenvalue weighted by atomic mass is 10.4. The summed E-state index contributed by atoms with van der Waals surface area (Å²) in [5, 5.41) is 3.23. The Morgan fingerprint density at radius 1 is 1.47 bits per heavy atom. The zero-order valence-electron chi connectivity index (χ0n) is 8.68. The molecule has 0 aliphatic heterocycles. The summed E-state index contributed by atoms with van der Waals surface area (Å²) in [7, 11) is 0. The summed E-state index contributed by atoms with van der Waals surface area (Å²) in [5.74, 6) is -0.109. The molecular weight excluding hydrogens is 243 g/mol. The predicted octanol–water partition coefficient (Wildman–Crippen LogP) is 1.67. The monoisotopic (exact) mass is 252 g/mol. The van der Waals surface area contributed by atoms with Crippen molar-refractivity contribution in [3.8, 4) is 0 Å². The second-order valence-electron chi connectivity index (χ2n) is 3.09. The van der Waals surface area contributed by atoms with Crippen molar-refractivity contribution >= 4 is 23.5 Å². The highest BCUT2D eigenvalue weighted by Crippen LogP contribution is 2.12. The summed E-state index contributed by atoms with van der Waals surface area (Å²) in [6, 6.07) is 2.65. The van der Waals surface area contributed by atoms with Crippen LogP contribution in [-0.4, -0.2) is 26.6 Å². The van der Waals surface area contributed by atoms with E-state index in [4.69, 9.17) is 0 Å². The maximum absolute atomic E-state index is 12.6. The molecule has 1 amide bonds. The molecule has 0 aromatic carbocycles. The lowest BCUT2D eigenvalue weighted by molar-refractivity contribution is -0.113. The maximum atomic E-state index is 12.6. The van der Waals surface area contributed by atoms with Gasteiger partial charge in [0.05, 0.1) is 11.9 Å². The lowest BCUT2D eigenvalue weighted by Gasteiger charge is -2.02. The fourth-order valence-electron chi connectivity index (χ4n) is 1.09. The molecule has 2 N–H and O–H groups in total. The summed E-state index contributed by atoms with van der Waals surface area (Å²) >= 11 is 1.28. The molecule has 0 aliphatic carbocycles. The van der Waals surface area contributed by atoms with Crippen molar-refractivity contribution in [3.05, 3.63) is 36.5 Å². The topological polar surface area (TPSA) is 70.7 Å². The number of aromatic amines is 1. The number of H-pyrrole nitrogens is 1. The summed E-state index contributed by atoms with van der Waals surface area (Å²) in [6.45, 7) is 0. The van der Waals surface area contributed by atoms with Crippen LogP contribution in [0.2, 0.25) is 0 Å². The molecule has 0 aliphatic rings. The first-order chi connectivity index (χ1) is 8.24. The standard InChI is InChI=1S/C10H9FN4OS/c11-7-1-2-8(14-5-7)15-9(16)6-17-10-12-3-4-13-10/h1-5H,6H2,(H,12,13)(H,14,15,16). The fourth-order valence-corrected chi connectivity index (χ4v) is 1.72. The Morgan fingerprint density at radius 3 is 3.00 bits per heavy atom. The molecule has 0 bridgehead atoms. The van der Waals surface area contributed by atoms with E-state index in [2.05, 4.69) is 20.3 Å². The molecule has 2 rings (SSSR count). The van der Waals surface area contributed by atoms with Crippen LogP contribution in [0.5, 0.6) is 0 Å². The van der Waals surface area contributed by atoms with E-state index >= 15 is 0 Å². The average molecular weight is 252 g/mol. The second-order valence-corrected chi connectivity index (χ2v) is 4.06. The normalized spacial score (nSPS) is 10.2. The van der Waals surface area contributed by atoms with E-state index in [-0.39, 0.29) is 11.7 Å². The second kappa shape index (κ2) is 5.44. The maximum Gasteiger partial charge on any atom is 0.236 e. The third-order valence-electron chi connectivity index (χ3n) is 1.81. The van der Waals surface area contributed by atoms with Crippen LogP contribution < -0.4 is 5.32 Å². The van der Waals surface area contributed by atoms with Crippen LogP contribution in [0.15, 0.2) is 35.9 Å². The number of thioether (sulfide) groups is 1. The number of anilines is 1. The SMILES string of the molecule is O=C(CSc1ncc[nH]1)Nc1ccc(F)cn1. The first-order valence-corrected chi connectivity index (χ1v) is 5.76. The number of pyridine rings is 1. The Morgan fingerprint density at radius 2 is 2.35 bits per heavy atom. The van der Waals surface area contributed by atoms with Gasteiger partial charge in [0.15, 0.2) is 5.16 Å². The number of nitrogens with one attached hydrogen (secondary N) is 2. The van der Waals surface area contributed by atoms with Gasteiger partial charge in [-0.25, -0.2) is 14.4 Å². The molecule has 0 spiro atoms. The molecule has 0 saturated heterocycles. The Balaban J connectivity index is 1.83. The van der Waals surface area contributed by atoms with E-state index < -0.39 is 5.82 Å². The van der Waals surface area contributed by atoms with Gasteiger partial charge < -0.3 is 10.3 Å². The molecule has 0 radical (unpaired) electrons. The Hall–Kier alpha value is -1.89. The molecule has 0 atom stereocenters. The molecule has 0 saturated carbocycles. The van der Waals surface area contributed by atoms with Crippen molar-refractivity contribution in [1.29, 1.82) is 0 Å². The Kier molecular flexibility index (Phi) is 3.71. The molecular formula is C10H9FN4OS. The third kappa shape index (κ3) is 3.56. The van der Waals surface area contributed by atoms with Gasteiger partial charge in [0.2, 0.25) is 5.91 Å². The first-order valence-electron chi connectivity index (χ1n) is 4.77. The fraction of sp³-hybridized carbons (Fsp3) is 0.100. The molecule has 7 heteroatoms. The van der Waals surface area contributed by atoms with E-state index in [1.807, 2.05) is 0 Å². The molecule has 0 fully saturated rings. The number of hydrogen-bond acceptors (Lipinski definition) is 4. The number of carbonyl (C=O) groups excluding carboxylic acids is 1. The third-order valence-corrected chi connectivity index (χ3v) is 2.71. The largest absolute Gasteiger partial charge is 0.340 e. The van der Waals surface area contributed by atoms with Gasteiger partial charge in [-0.3, -0.25) is 4.79 Å². The number of imidazole rings is 1.